The van der Waals surface area contributed by atoms with Crippen molar-refractivity contribution in [2.24, 2.45) is 5.41 Å². The molecule has 3 rings (SSSR count). The maximum Gasteiger partial charge on any atom is 0.254 e. The number of carbonyl (C=O) groups excluding carboxylic acids is 1. The number of aromatic nitrogens is 2. The van der Waals surface area contributed by atoms with Crippen molar-refractivity contribution in [2.45, 2.75) is 77.4 Å². The highest BCUT2D eigenvalue weighted by molar-refractivity contribution is 5.95. The van der Waals surface area contributed by atoms with Crippen molar-refractivity contribution in [3.63, 3.8) is 0 Å². The van der Waals surface area contributed by atoms with Gasteiger partial charge in [-0.05, 0) is 32.1 Å². The predicted octanol–water partition coefficient (Wildman–Crippen LogP) is 2.84. The lowest BCUT2D eigenvalue weighted by Gasteiger charge is -2.38. The monoisotopic (exact) mass is 319 g/mol. The first-order valence-corrected chi connectivity index (χ1v) is 9.07. The summed E-state index contributed by atoms with van der Waals surface area (Å²) in [6.07, 6.45) is 8.77. The van der Waals surface area contributed by atoms with Crippen LogP contribution in [0.5, 0.6) is 0 Å². The highest BCUT2D eigenvalue weighted by atomic mass is 16.3. The molecule has 0 spiro atoms. The number of nitrogens with one attached hydrogen (secondary N) is 1. The summed E-state index contributed by atoms with van der Waals surface area (Å²) >= 11 is 0. The molecule has 0 bridgehead atoms. The lowest BCUT2D eigenvalue weighted by molar-refractivity contribution is 0.00190. The third kappa shape index (κ3) is 3.44. The van der Waals surface area contributed by atoms with Crippen LogP contribution < -0.4 is 5.32 Å². The lowest BCUT2D eigenvalue weighted by Crippen LogP contribution is -2.45. The molecule has 2 aliphatic carbocycles. The van der Waals surface area contributed by atoms with Crippen molar-refractivity contribution < 1.29 is 9.90 Å². The van der Waals surface area contributed by atoms with E-state index in [2.05, 4.69) is 24.3 Å². The molecule has 5 heteroatoms. The largest absolute Gasteiger partial charge is 0.392 e. The van der Waals surface area contributed by atoms with Gasteiger partial charge in [0, 0.05) is 24.4 Å². The second-order valence-electron chi connectivity index (χ2n) is 7.54. The molecule has 2 atom stereocenters. The highest BCUT2D eigenvalue weighted by Crippen LogP contribution is 2.42. The molecule has 0 saturated heterocycles. The van der Waals surface area contributed by atoms with Crippen LogP contribution in [-0.2, 0) is 6.54 Å². The number of amides is 1. The third-order valence-corrected chi connectivity index (χ3v) is 5.46. The Bertz CT molecular complexity index is 565. The van der Waals surface area contributed by atoms with Gasteiger partial charge in [0.2, 0.25) is 0 Å². The fraction of sp³-hybridized carbons (Fsp3) is 0.778. The van der Waals surface area contributed by atoms with Gasteiger partial charge in [-0.2, -0.15) is 5.10 Å². The fourth-order valence-corrected chi connectivity index (χ4v) is 3.71. The van der Waals surface area contributed by atoms with Crippen molar-refractivity contribution in [1.82, 2.24) is 15.1 Å². The Hall–Kier alpha value is -1.36. The van der Waals surface area contributed by atoms with Crippen molar-refractivity contribution >= 4 is 5.91 Å². The average molecular weight is 319 g/mol. The summed E-state index contributed by atoms with van der Waals surface area (Å²) < 4.78 is 2.00. The normalized spacial score (nSPS) is 27.9. The van der Waals surface area contributed by atoms with Crippen LogP contribution in [0.15, 0.2) is 6.20 Å². The number of hydrogen-bond acceptors (Lipinski definition) is 3. The van der Waals surface area contributed by atoms with E-state index in [-0.39, 0.29) is 17.4 Å². The zero-order chi connectivity index (χ0) is 16.4. The Kier molecular flexibility index (Phi) is 4.76. The predicted molar refractivity (Wildman–Crippen MR) is 89.4 cm³/mol. The molecule has 2 unspecified atom stereocenters. The second kappa shape index (κ2) is 6.63. The molecule has 0 radical (unpaired) electrons. The summed E-state index contributed by atoms with van der Waals surface area (Å²) in [6.45, 7) is 5.62. The third-order valence-electron chi connectivity index (χ3n) is 5.46. The molecule has 1 heterocycles. The minimum Gasteiger partial charge on any atom is -0.392 e. The smallest absolute Gasteiger partial charge is 0.254 e. The molecule has 1 aromatic rings. The van der Waals surface area contributed by atoms with Gasteiger partial charge in [0.1, 0.15) is 0 Å². The van der Waals surface area contributed by atoms with Crippen molar-refractivity contribution in [3.05, 3.63) is 17.5 Å². The number of carbonyl (C=O) groups is 1. The lowest BCUT2D eigenvalue weighted by atomic mass is 9.73. The van der Waals surface area contributed by atoms with Crippen molar-refractivity contribution in [1.29, 1.82) is 0 Å². The molecule has 2 N–H and O–H groups in total. The Morgan fingerprint density at radius 2 is 2.22 bits per heavy atom. The van der Waals surface area contributed by atoms with Crippen molar-refractivity contribution in [3.8, 4) is 0 Å². The van der Waals surface area contributed by atoms with Gasteiger partial charge in [-0.15, -0.1) is 0 Å². The summed E-state index contributed by atoms with van der Waals surface area (Å²) in [5, 5.41) is 17.8. The SMILES string of the molecule is CCCn1ncc(C(=O)NCC2(C)CCCCC2O)c1C1CC1. The maximum absolute atomic E-state index is 12.7. The van der Waals surface area contributed by atoms with Gasteiger partial charge in [-0.25, -0.2) is 0 Å². The van der Waals surface area contributed by atoms with E-state index in [0.717, 1.165) is 62.7 Å². The Morgan fingerprint density at radius 3 is 2.87 bits per heavy atom. The number of rotatable bonds is 6. The molecule has 0 aliphatic heterocycles. The molecule has 23 heavy (non-hydrogen) atoms. The number of nitrogens with zero attached hydrogens (tertiary/aromatic N) is 2. The van der Waals surface area contributed by atoms with Gasteiger partial charge in [0.15, 0.2) is 0 Å². The van der Waals surface area contributed by atoms with Crippen LogP contribution >= 0.6 is 0 Å². The number of hydrogen-bond donors (Lipinski definition) is 2. The summed E-state index contributed by atoms with van der Waals surface area (Å²) in [6, 6.07) is 0. The van der Waals surface area contributed by atoms with Crippen LogP contribution in [0.25, 0.3) is 0 Å². The molecule has 2 saturated carbocycles. The van der Waals surface area contributed by atoms with Crippen LogP contribution in [0.3, 0.4) is 0 Å². The molecule has 0 aromatic carbocycles. The Morgan fingerprint density at radius 1 is 1.43 bits per heavy atom. The van der Waals surface area contributed by atoms with E-state index in [4.69, 9.17) is 0 Å². The van der Waals surface area contributed by atoms with Crippen LogP contribution in [0.2, 0.25) is 0 Å². The Balaban J connectivity index is 1.69. The van der Waals surface area contributed by atoms with Crippen LogP contribution in [0.4, 0.5) is 0 Å². The van der Waals surface area contributed by atoms with E-state index < -0.39 is 0 Å². The van der Waals surface area contributed by atoms with Crippen LogP contribution in [0, 0.1) is 5.41 Å². The zero-order valence-electron chi connectivity index (χ0n) is 14.3. The average Bonchev–Trinajstić information content (AvgIpc) is 3.29. The number of aliphatic hydroxyl groups excluding tert-OH is 1. The fourth-order valence-electron chi connectivity index (χ4n) is 3.71. The van der Waals surface area contributed by atoms with E-state index in [1.54, 1.807) is 6.20 Å². The minimum atomic E-state index is -0.317. The summed E-state index contributed by atoms with van der Waals surface area (Å²) in [4.78, 5) is 12.7. The first kappa shape index (κ1) is 16.5. The zero-order valence-corrected chi connectivity index (χ0v) is 14.3. The summed E-state index contributed by atoms with van der Waals surface area (Å²) in [5.41, 5.74) is 1.64. The van der Waals surface area contributed by atoms with E-state index in [1.807, 2.05) is 4.68 Å². The van der Waals surface area contributed by atoms with E-state index in [0.29, 0.717) is 12.5 Å². The first-order chi connectivity index (χ1) is 11.0. The van der Waals surface area contributed by atoms with Crippen LogP contribution in [0.1, 0.15) is 80.8 Å². The highest BCUT2D eigenvalue weighted by Gasteiger charge is 2.37. The minimum absolute atomic E-state index is 0.0340. The number of aryl methyl sites for hydroxylation is 1. The summed E-state index contributed by atoms with van der Waals surface area (Å²) in [5.74, 6) is 0.467. The molecular formula is C18H29N3O2. The van der Waals surface area contributed by atoms with Crippen molar-refractivity contribution in [2.75, 3.05) is 6.54 Å². The van der Waals surface area contributed by atoms with Gasteiger partial charge in [-0.1, -0.05) is 26.7 Å². The van der Waals surface area contributed by atoms with Gasteiger partial charge >= 0.3 is 0 Å². The van der Waals surface area contributed by atoms with Gasteiger partial charge in [0.05, 0.1) is 23.6 Å². The van der Waals surface area contributed by atoms with E-state index >= 15 is 0 Å². The summed E-state index contributed by atoms with van der Waals surface area (Å²) in [7, 11) is 0. The molecule has 2 aliphatic rings. The first-order valence-electron chi connectivity index (χ1n) is 9.07. The van der Waals surface area contributed by atoms with E-state index in [1.165, 1.54) is 0 Å². The maximum atomic E-state index is 12.7. The quantitative estimate of drug-likeness (QED) is 0.847. The molecular weight excluding hydrogens is 290 g/mol. The Labute approximate surface area is 138 Å². The van der Waals surface area contributed by atoms with Gasteiger partial charge in [0.25, 0.3) is 5.91 Å². The second-order valence-corrected chi connectivity index (χ2v) is 7.54. The number of aliphatic hydroxyl groups is 1. The molecule has 2 fully saturated rings. The topological polar surface area (TPSA) is 67.2 Å². The molecule has 1 amide bonds. The standard InChI is InChI=1S/C18H29N3O2/c1-3-10-21-16(13-7-8-13)14(11-20-21)17(23)19-12-18(2)9-5-4-6-15(18)22/h11,13,15,22H,3-10,12H2,1-2H3,(H,19,23). The molecule has 5 nitrogen and oxygen atoms in total. The van der Waals surface area contributed by atoms with Gasteiger partial charge < -0.3 is 10.4 Å². The van der Waals surface area contributed by atoms with Gasteiger partial charge in [-0.3, -0.25) is 9.48 Å². The molecule has 128 valence electrons. The van der Waals surface area contributed by atoms with E-state index in [9.17, 15) is 9.90 Å². The van der Waals surface area contributed by atoms with Crippen LogP contribution in [-0.4, -0.2) is 33.4 Å². The molecule has 1 aromatic heterocycles.